The molecule has 0 rings (SSSR count). The van der Waals surface area contributed by atoms with E-state index >= 15 is 0 Å². The molecule has 0 unspecified atom stereocenters. The standard InChI is InChI=1S/C47H88N16O12/c1-25(38(66)54-27(3)40(68)56-29(5)42(70)58-31(7)44(72)62-36(20-12-16-24-51)47(75)61-33(37(52)65)17-9-13-21-48)53-39(67)26(2)55-41(69)28(4)57-43(71)30(6)59-45(73)35(19-11-15-23-50)63-46(74)34(60-32(8)64)18-10-14-22-49/h25-31,33-36H,9-24,48-51H2,1-8H3,(H2,52,65)(H,53,67)(H,54,66)(H,55,69)(H,56,68)(H,57,71)(H,58,70)(H,59,73)(H,60,64)(H,61,75)(H,62,72)(H,63,74)/t25-,26-,27-,28-,29-,30-,31-,33-,34-,35-,36-/m0/s1. The zero-order valence-electron chi connectivity index (χ0n) is 45.0. The van der Waals surface area contributed by atoms with Gasteiger partial charge < -0.3 is 87.2 Å². The number of carbonyl (C=O) groups excluding carboxylic acids is 12. The number of nitrogens with one attached hydrogen (secondary N) is 11. The lowest BCUT2D eigenvalue weighted by molar-refractivity contribution is -0.135. The molecule has 12 amide bonds. The molecular formula is C47H88N16O12. The van der Waals surface area contributed by atoms with Crippen LogP contribution in [0.2, 0.25) is 0 Å². The smallest absolute Gasteiger partial charge is 0.243 e. The van der Waals surface area contributed by atoms with Gasteiger partial charge in [0.25, 0.3) is 0 Å². The fourth-order valence-electron chi connectivity index (χ4n) is 6.95. The summed E-state index contributed by atoms with van der Waals surface area (Å²) in [5.74, 6) is -8.58. The van der Waals surface area contributed by atoms with Crippen LogP contribution in [0.3, 0.4) is 0 Å². The highest BCUT2D eigenvalue weighted by Gasteiger charge is 2.32. The van der Waals surface area contributed by atoms with Crippen LogP contribution in [0.1, 0.15) is 132 Å². The molecule has 0 aliphatic heterocycles. The molecule has 0 aliphatic rings. The maximum absolute atomic E-state index is 13.3. The fraction of sp³-hybridized carbons (Fsp3) is 0.745. The highest BCUT2D eigenvalue weighted by atomic mass is 16.2. The van der Waals surface area contributed by atoms with Gasteiger partial charge in [0, 0.05) is 6.92 Å². The van der Waals surface area contributed by atoms with E-state index in [-0.39, 0.29) is 25.7 Å². The Labute approximate surface area is 439 Å². The maximum atomic E-state index is 13.3. The van der Waals surface area contributed by atoms with Crippen molar-refractivity contribution in [2.24, 2.45) is 28.7 Å². The largest absolute Gasteiger partial charge is 0.368 e. The van der Waals surface area contributed by atoms with Crippen LogP contribution in [-0.4, -0.2) is 164 Å². The summed E-state index contributed by atoms with van der Waals surface area (Å²) in [6, 6.07) is -12.6. The summed E-state index contributed by atoms with van der Waals surface area (Å²) in [6.45, 7) is 12.1. The quantitative estimate of drug-likeness (QED) is 0.0257. The minimum absolute atomic E-state index is 0.176. The zero-order valence-corrected chi connectivity index (χ0v) is 45.0. The Morgan fingerprint density at radius 3 is 0.707 bits per heavy atom. The number of hydrogen-bond acceptors (Lipinski definition) is 16. The van der Waals surface area contributed by atoms with Crippen LogP contribution in [0.5, 0.6) is 0 Å². The first-order valence-corrected chi connectivity index (χ1v) is 25.6. The van der Waals surface area contributed by atoms with Crippen LogP contribution in [0, 0.1) is 0 Å². The third kappa shape index (κ3) is 28.1. The maximum Gasteiger partial charge on any atom is 0.243 e. The topological polar surface area (TPSA) is 467 Å². The Morgan fingerprint density at radius 1 is 0.280 bits per heavy atom. The summed E-state index contributed by atoms with van der Waals surface area (Å²) in [5.41, 5.74) is 27.8. The first-order chi connectivity index (χ1) is 35.2. The first-order valence-electron chi connectivity index (χ1n) is 25.6. The zero-order chi connectivity index (χ0) is 57.4. The molecule has 0 radical (unpaired) electrons. The summed E-state index contributed by atoms with van der Waals surface area (Å²) in [6.07, 6.45) is 5.24. The molecule has 0 spiro atoms. The van der Waals surface area contributed by atoms with Gasteiger partial charge in [-0.05, 0) is 152 Å². The van der Waals surface area contributed by atoms with Gasteiger partial charge in [-0.2, -0.15) is 0 Å². The van der Waals surface area contributed by atoms with Crippen LogP contribution in [-0.2, 0) is 57.5 Å². The van der Waals surface area contributed by atoms with Crippen molar-refractivity contribution in [3.63, 3.8) is 0 Å². The van der Waals surface area contributed by atoms with Crippen LogP contribution in [0.15, 0.2) is 0 Å². The fourth-order valence-corrected chi connectivity index (χ4v) is 6.95. The number of nitrogens with two attached hydrogens (primary N) is 5. The van der Waals surface area contributed by atoms with Gasteiger partial charge in [-0.1, -0.05) is 0 Å². The van der Waals surface area contributed by atoms with Gasteiger partial charge in [-0.3, -0.25) is 57.5 Å². The van der Waals surface area contributed by atoms with Crippen molar-refractivity contribution < 1.29 is 57.5 Å². The van der Waals surface area contributed by atoms with Crippen LogP contribution < -0.4 is 87.2 Å². The van der Waals surface area contributed by atoms with Crippen molar-refractivity contribution in [1.82, 2.24) is 58.5 Å². The molecule has 0 aliphatic carbocycles. The van der Waals surface area contributed by atoms with E-state index in [0.717, 1.165) is 0 Å². The van der Waals surface area contributed by atoms with Crippen LogP contribution in [0.25, 0.3) is 0 Å². The van der Waals surface area contributed by atoms with Gasteiger partial charge in [-0.15, -0.1) is 0 Å². The summed E-state index contributed by atoms with van der Waals surface area (Å²) in [4.78, 5) is 155. The number of carbonyl (C=O) groups is 12. The van der Waals surface area contributed by atoms with Gasteiger partial charge >= 0.3 is 0 Å². The molecular weight excluding hydrogens is 981 g/mol. The molecule has 11 atom stereocenters. The van der Waals surface area contributed by atoms with E-state index in [9.17, 15) is 57.5 Å². The van der Waals surface area contributed by atoms with Crippen molar-refractivity contribution in [1.29, 1.82) is 0 Å². The number of hydrogen-bond donors (Lipinski definition) is 16. The van der Waals surface area contributed by atoms with E-state index in [1.165, 1.54) is 55.4 Å². The van der Waals surface area contributed by atoms with Gasteiger partial charge in [0.2, 0.25) is 70.9 Å². The third-order valence-corrected chi connectivity index (χ3v) is 11.7. The lowest BCUT2D eigenvalue weighted by atomic mass is 10.0. The molecule has 0 aromatic rings. The average molecular weight is 1070 g/mol. The average Bonchev–Trinajstić information content (AvgIpc) is 3.34. The molecule has 21 N–H and O–H groups in total. The molecule has 0 heterocycles. The molecule has 0 saturated carbocycles. The normalized spacial score (nSPS) is 15.4. The Hall–Kier alpha value is -6.52. The molecule has 0 saturated heterocycles. The number of unbranched alkanes of at least 4 members (excludes halogenated alkanes) is 4. The summed E-state index contributed by atoms with van der Waals surface area (Å²) in [5, 5.41) is 27.5. The molecule has 0 aromatic carbocycles. The first kappa shape index (κ1) is 68.5. The second kappa shape index (κ2) is 37.2. The molecule has 75 heavy (non-hydrogen) atoms. The number of primary amides is 1. The Balaban J connectivity index is 5.31. The van der Waals surface area contributed by atoms with E-state index in [0.29, 0.717) is 77.5 Å². The van der Waals surface area contributed by atoms with Crippen molar-refractivity contribution in [2.45, 2.75) is 199 Å². The second-order valence-corrected chi connectivity index (χ2v) is 18.6. The van der Waals surface area contributed by atoms with E-state index in [1.807, 2.05) is 0 Å². The molecule has 28 nitrogen and oxygen atoms in total. The summed E-state index contributed by atoms with van der Waals surface area (Å²) >= 11 is 0. The molecule has 0 bridgehead atoms. The predicted molar refractivity (Wildman–Crippen MR) is 277 cm³/mol. The van der Waals surface area contributed by atoms with Gasteiger partial charge in [0.05, 0.1) is 0 Å². The summed E-state index contributed by atoms with van der Waals surface area (Å²) in [7, 11) is 0. The molecule has 428 valence electrons. The monoisotopic (exact) mass is 1070 g/mol. The Morgan fingerprint density at radius 2 is 0.467 bits per heavy atom. The van der Waals surface area contributed by atoms with E-state index < -0.39 is 137 Å². The molecule has 0 aromatic heterocycles. The van der Waals surface area contributed by atoms with E-state index in [2.05, 4.69) is 58.5 Å². The molecule has 28 heteroatoms. The van der Waals surface area contributed by atoms with Crippen LogP contribution >= 0.6 is 0 Å². The van der Waals surface area contributed by atoms with Crippen LogP contribution in [0.4, 0.5) is 0 Å². The summed E-state index contributed by atoms with van der Waals surface area (Å²) < 4.78 is 0. The van der Waals surface area contributed by atoms with Crippen molar-refractivity contribution >= 4 is 70.9 Å². The van der Waals surface area contributed by atoms with Gasteiger partial charge in [0.15, 0.2) is 0 Å². The van der Waals surface area contributed by atoms with E-state index in [1.54, 1.807) is 0 Å². The predicted octanol–water partition coefficient (Wildman–Crippen LogP) is -5.52. The van der Waals surface area contributed by atoms with Crippen molar-refractivity contribution in [2.75, 3.05) is 26.2 Å². The lowest BCUT2D eigenvalue weighted by Gasteiger charge is -2.25. The number of amides is 12. The highest BCUT2D eigenvalue weighted by Crippen LogP contribution is 2.08. The third-order valence-electron chi connectivity index (χ3n) is 11.7. The Kier molecular flexibility index (Phi) is 34.0. The van der Waals surface area contributed by atoms with Gasteiger partial charge in [0.1, 0.15) is 66.5 Å². The Bertz CT molecular complexity index is 1910. The lowest BCUT2D eigenvalue weighted by Crippen LogP contribution is -2.59. The minimum Gasteiger partial charge on any atom is -0.368 e. The van der Waals surface area contributed by atoms with Crippen molar-refractivity contribution in [3.8, 4) is 0 Å². The number of rotatable bonds is 38. The minimum atomic E-state index is -1.23. The van der Waals surface area contributed by atoms with Gasteiger partial charge in [-0.25, -0.2) is 0 Å². The second-order valence-electron chi connectivity index (χ2n) is 18.6. The van der Waals surface area contributed by atoms with E-state index in [4.69, 9.17) is 28.7 Å². The van der Waals surface area contributed by atoms with Crippen molar-refractivity contribution in [3.05, 3.63) is 0 Å². The SMILES string of the molecule is CC(=O)N[C@@H](CCCCN)C(=O)N[C@@H](CCCCN)C(=O)N[C@@H](C)C(=O)N[C@@H](C)C(=O)N[C@@H](C)C(=O)N[C@@H](C)C(=O)N[C@@H](C)C(=O)N[C@@H](C)C(=O)N[C@@H](C)C(=O)N[C@@H](CCCCN)C(=O)N[C@@H](CCCCN)C(N)=O. The highest BCUT2D eigenvalue weighted by molar-refractivity contribution is 5.98. The molecule has 0 fully saturated rings.